The zero-order chi connectivity index (χ0) is 14.8. The number of rotatable bonds is 5. The lowest BCUT2D eigenvalue weighted by Crippen LogP contribution is -2.27. The summed E-state index contributed by atoms with van der Waals surface area (Å²) in [6.45, 7) is 2.05. The van der Waals surface area contributed by atoms with Crippen LogP contribution in [-0.2, 0) is 22.3 Å². The molecule has 0 bridgehead atoms. The second-order valence-corrected chi connectivity index (χ2v) is 6.84. The highest BCUT2D eigenvalue weighted by Crippen LogP contribution is 2.15. The van der Waals surface area contributed by atoms with Crippen molar-refractivity contribution in [2.45, 2.75) is 19.2 Å². The van der Waals surface area contributed by atoms with Crippen LogP contribution in [0.15, 0.2) is 40.8 Å². The predicted molar refractivity (Wildman–Crippen MR) is 78.4 cm³/mol. The molecule has 2 rings (SSSR count). The van der Waals surface area contributed by atoms with E-state index in [1.165, 1.54) is 4.31 Å². The molecule has 6 heteroatoms. The van der Waals surface area contributed by atoms with Crippen LogP contribution >= 0.6 is 0 Å². The molecule has 5 nitrogen and oxygen atoms in total. The molecule has 0 spiro atoms. The van der Waals surface area contributed by atoms with Gasteiger partial charge in [-0.2, -0.15) is 4.31 Å². The quantitative estimate of drug-likeness (QED) is 0.857. The molecule has 0 aliphatic heterocycles. The van der Waals surface area contributed by atoms with Crippen molar-refractivity contribution in [2.24, 2.45) is 0 Å². The van der Waals surface area contributed by atoms with Gasteiger partial charge in [0.1, 0.15) is 11.5 Å². The summed E-state index contributed by atoms with van der Waals surface area (Å²) in [4.78, 5) is 0. The van der Waals surface area contributed by atoms with Gasteiger partial charge in [0.25, 0.3) is 0 Å². The third-order valence-electron chi connectivity index (χ3n) is 2.98. The van der Waals surface area contributed by atoms with Crippen molar-refractivity contribution in [1.82, 2.24) is 4.31 Å². The van der Waals surface area contributed by atoms with Crippen LogP contribution in [-0.4, -0.2) is 19.8 Å². The summed E-state index contributed by atoms with van der Waals surface area (Å²) in [5.74, 6) is 1.35. The molecule has 20 heavy (non-hydrogen) atoms. The van der Waals surface area contributed by atoms with Crippen LogP contribution in [0.5, 0.6) is 0 Å². The van der Waals surface area contributed by atoms with E-state index in [-0.39, 0.29) is 12.3 Å². The Morgan fingerprint density at radius 3 is 2.35 bits per heavy atom. The van der Waals surface area contributed by atoms with Gasteiger partial charge < -0.3 is 10.2 Å². The first-order chi connectivity index (χ1) is 9.37. The minimum Gasteiger partial charge on any atom is -0.465 e. The van der Waals surface area contributed by atoms with Crippen molar-refractivity contribution in [2.75, 3.05) is 12.8 Å². The summed E-state index contributed by atoms with van der Waals surface area (Å²) in [6, 6.07) is 10.4. The van der Waals surface area contributed by atoms with Crippen molar-refractivity contribution in [3.05, 3.63) is 53.5 Å². The molecule has 0 aliphatic carbocycles. The molecule has 0 fully saturated rings. The van der Waals surface area contributed by atoms with Crippen LogP contribution in [0.25, 0.3) is 0 Å². The van der Waals surface area contributed by atoms with Crippen LogP contribution in [0, 0.1) is 6.92 Å². The number of hydrogen-bond donors (Lipinski definition) is 1. The number of sulfonamides is 1. The zero-order valence-corrected chi connectivity index (χ0v) is 12.4. The molecule has 0 aliphatic rings. The molecule has 1 aromatic carbocycles. The molecule has 0 saturated heterocycles. The summed E-state index contributed by atoms with van der Waals surface area (Å²) >= 11 is 0. The molecule has 0 radical (unpaired) electrons. The highest BCUT2D eigenvalue weighted by atomic mass is 32.2. The molecular weight excluding hydrogens is 276 g/mol. The predicted octanol–water partition coefficient (Wildman–Crippen LogP) is 2.13. The van der Waals surface area contributed by atoms with Gasteiger partial charge in [-0.3, -0.25) is 0 Å². The van der Waals surface area contributed by atoms with Gasteiger partial charge in [-0.15, -0.1) is 0 Å². The zero-order valence-electron chi connectivity index (χ0n) is 11.5. The fourth-order valence-electron chi connectivity index (χ4n) is 1.82. The number of nitrogen functional groups attached to an aromatic ring is 1. The third-order valence-corrected chi connectivity index (χ3v) is 4.76. The summed E-state index contributed by atoms with van der Waals surface area (Å²) in [6.07, 6.45) is 0. The molecule has 1 heterocycles. The Balaban J connectivity index is 2.07. The number of hydrogen-bond acceptors (Lipinski definition) is 4. The van der Waals surface area contributed by atoms with Crippen LogP contribution in [0.1, 0.15) is 17.1 Å². The first kappa shape index (κ1) is 14.6. The number of benzene rings is 1. The average Bonchev–Trinajstić information content (AvgIpc) is 2.77. The topological polar surface area (TPSA) is 76.5 Å². The number of nitrogens with two attached hydrogens (primary N) is 1. The van der Waals surface area contributed by atoms with E-state index in [2.05, 4.69) is 0 Å². The van der Waals surface area contributed by atoms with E-state index in [0.717, 1.165) is 5.76 Å². The van der Waals surface area contributed by atoms with Crippen molar-refractivity contribution in [1.29, 1.82) is 0 Å². The maximum Gasteiger partial charge on any atom is 0.218 e. The Labute approximate surface area is 119 Å². The number of aryl methyl sites for hydroxylation is 1. The first-order valence-corrected chi connectivity index (χ1v) is 7.81. The van der Waals surface area contributed by atoms with Crippen LogP contribution in [0.4, 0.5) is 5.69 Å². The van der Waals surface area contributed by atoms with Crippen molar-refractivity contribution in [3.8, 4) is 0 Å². The van der Waals surface area contributed by atoms with Gasteiger partial charge in [0.05, 0.1) is 12.3 Å². The van der Waals surface area contributed by atoms with Crippen LogP contribution in [0.2, 0.25) is 0 Å². The van der Waals surface area contributed by atoms with Crippen LogP contribution in [0.3, 0.4) is 0 Å². The van der Waals surface area contributed by atoms with Gasteiger partial charge >= 0.3 is 0 Å². The SMILES string of the molecule is Cc1ccc(CN(C)S(=O)(=O)Cc2ccc(N)cc2)o1. The average molecular weight is 294 g/mol. The second kappa shape index (κ2) is 5.68. The van der Waals surface area contributed by atoms with E-state index in [4.69, 9.17) is 10.2 Å². The van der Waals surface area contributed by atoms with E-state index >= 15 is 0 Å². The third kappa shape index (κ3) is 3.61. The Morgan fingerprint density at radius 2 is 1.80 bits per heavy atom. The Morgan fingerprint density at radius 1 is 1.15 bits per heavy atom. The molecule has 2 N–H and O–H groups in total. The summed E-state index contributed by atoms with van der Waals surface area (Å²) in [5.41, 5.74) is 6.91. The van der Waals surface area contributed by atoms with E-state index in [1.807, 2.05) is 13.0 Å². The van der Waals surface area contributed by atoms with E-state index in [9.17, 15) is 8.42 Å². The van der Waals surface area contributed by atoms with Gasteiger partial charge in [0.15, 0.2) is 0 Å². The fraction of sp³-hybridized carbons (Fsp3) is 0.286. The lowest BCUT2D eigenvalue weighted by atomic mass is 10.2. The Hall–Kier alpha value is -1.79. The molecular formula is C14H18N2O3S. The van der Waals surface area contributed by atoms with Gasteiger partial charge in [0.2, 0.25) is 10.0 Å². The Kier molecular flexibility index (Phi) is 4.15. The second-order valence-electron chi connectivity index (χ2n) is 4.77. The maximum absolute atomic E-state index is 12.2. The normalized spacial score (nSPS) is 11.9. The molecule has 1 aromatic heterocycles. The molecule has 0 unspecified atom stereocenters. The van der Waals surface area contributed by atoms with Crippen LogP contribution < -0.4 is 5.73 Å². The highest BCUT2D eigenvalue weighted by molar-refractivity contribution is 7.88. The lowest BCUT2D eigenvalue weighted by molar-refractivity contribution is 0.397. The number of anilines is 1. The highest BCUT2D eigenvalue weighted by Gasteiger charge is 2.19. The van der Waals surface area contributed by atoms with Gasteiger partial charge in [-0.05, 0) is 36.8 Å². The fourth-order valence-corrected chi connectivity index (χ4v) is 2.98. The minimum absolute atomic E-state index is 0.0521. The molecule has 108 valence electrons. The molecule has 2 aromatic rings. The molecule has 0 atom stereocenters. The number of furan rings is 1. The van der Waals surface area contributed by atoms with Gasteiger partial charge in [0, 0.05) is 12.7 Å². The summed E-state index contributed by atoms with van der Waals surface area (Å²) in [5, 5.41) is 0. The summed E-state index contributed by atoms with van der Waals surface area (Å²) in [7, 11) is -1.84. The van der Waals surface area contributed by atoms with Crippen molar-refractivity contribution in [3.63, 3.8) is 0 Å². The first-order valence-electron chi connectivity index (χ1n) is 6.20. The maximum atomic E-state index is 12.2. The van der Waals surface area contributed by atoms with Gasteiger partial charge in [-0.1, -0.05) is 12.1 Å². The van der Waals surface area contributed by atoms with E-state index < -0.39 is 10.0 Å². The van der Waals surface area contributed by atoms with Crippen molar-refractivity contribution >= 4 is 15.7 Å². The van der Waals surface area contributed by atoms with E-state index in [0.29, 0.717) is 17.0 Å². The monoisotopic (exact) mass is 294 g/mol. The lowest BCUT2D eigenvalue weighted by Gasteiger charge is -2.16. The largest absolute Gasteiger partial charge is 0.465 e. The van der Waals surface area contributed by atoms with E-state index in [1.54, 1.807) is 37.4 Å². The standard InChI is InChI=1S/C14H18N2O3S/c1-11-3-8-14(19-11)9-16(2)20(17,18)10-12-4-6-13(15)7-5-12/h3-8H,9-10,15H2,1-2H3. The summed E-state index contributed by atoms with van der Waals surface area (Å²) < 4.78 is 31.2. The molecule has 0 amide bonds. The number of nitrogens with zero attached hydrogens (tertiary/aromatic N) is 1. The smallest absolute Gasteiger partial charge is 0.218 e. The minimum atomic E-state index is -3.38. The molecule has 0 saturated carbocycles. The van der Waals surface area contributed by atoms with Gasteiger partial charge in [-0.25, -0.2) is 8.42 Å². The Bertz CT molecular complexity index is 675. The van der Waals surface area contributed by atoms with Crippen molar-refractivity contribution < 1.29 is 12.8 Å².